The zero-order chi connectivity index (χ0) is 22.0. The number of halogens is 1. The second kappa shape index (κ2) is 8.69. The van der Waals surface area contributed by atoms with E-state index in [2.05, 4.69) is 0 Å². The standard InChI is InChI=1S/C24H26FNO4/c1-5-12-26-21(16-8-6-7-9-18(16)25)20(23(28)24(26)29)22(27)15-10-11-19(30-4)17(13-15)14(2)3/h6-11,13-14,21,27H,5,12H2,1-4H3/b22-20+. The number of methoxy groups -OCH3 is 1. The van der Waals surface area contributed by atoms with Crippen molar-refractivity contribution in [3.8, 4) is 5.75 Å². The van der Waals surface area contributed by atoms with E-state index < -0.39 is 23.5 Å². The van der Waals surface area contributed by atoms with Crippen LogP contribution in [0.4, 0.5) is 4.39 Å². The zero-order valence-corrected chi connectivity index (χ0v) is 17.6. The number of hydrogen-bond donors (Lipinski definition) is 1. The average Bonchev–Trinajstić information content (AvgIpc) is 2.98. The maximum absolute atomic E-state index is 14.6. The zero-order valence-electron chi connectivity index (χ0n) is 17.6. The highest BCUT2D eigenvalue weighted by atomic mass is 19.1. The molecule has 0 saturated carbocycles. The number of ether oxygens (including phenoxy) is 1. The van der Waals surface area contributed by atoms with Gasteiger partial charge in [-0.3, -0.25) is 9.59 Å². The van der Waals surface area contributed by atoms with Crippen LogP contribution in [0.1, 0.15) is 55.8 Å². The molecule has 1 aliphatic rings. The van der Waals surface area contributed by atoms with Gasteiger partial charge in [0.2, 0.25) is 0 Å². The van der Waals surface area contributed by atoms with E-state index in [1.54, 1.807) is 37.4 Å². The van der Waals surface area contributed by atoms with Gasteiger partial charge in [-0.15, -0.1) is 0 Å². The Labute approximate surface area is 175 Å². The number of carbonyl (C=O) groups is 2. The van der Waals surface area contributed by atoms with Gasteiger partial charge in [-0.05, 0) is 42.2 Å². The van der Waals surface area contributed by atoms with Crippen LogP contribution in [-0.2, 0) is 9.59 Å². The van der Waals surface area contributed by atoms with Gasteiger partial charge in [0.1, 0.15) is 17.3 Å². The van der Waals surface area contributed by atoms with Crippen molar-refractivity contribution in [2.75, 3.05) is 13.7 Å². The van der Waals surface area contributed by atoms with Gasteiger partial charge in [-0.2, -0.15) is 0 Å². The number of Topliss-reactive ketones (excluding diaryl/α,β-unsaturated/α-hetero) is 1. The normalized spacial score (nSPS) is 18.3. The number of hydrogen-bond acceptors (Lipinski definition) is 4. The molecule has 1 heterocycles. The first kappa shape index (κ1) is 21.6. The topological polar surface area (TPSA) is 66.8 Å². The Morgan fingerprint density at radius 2 is 1.90 bits per heavy atom. The summed E-state index contributed by atoms with van der Waals surface area (Å²) in [5, 5.41) is 11.1. The summed E-state index contributed by atoms with van der Waals surface area (Å²) in [6.07, 6.45) is 0.595. The van der Waals surface area contributed by atoms with Gasteiger partial charge in [0.25, 0.3) is 11.7 Å². The predicted molar refractivity (Wildman–Crippen MR) is 113 cm³/mol. The molecule has 1 amide bonds. The molecule has 1 atom stereocenters. The minimum atomic E-state index is -0.976. The van der Waals surface area contributed by atoms with E-state index in [1.165, 1.54) is 17.0 Å². The number of benzene rings is 2. The molecule has 1 aliphatic heterocycles. The minimum absolute atomic E-state index is 0.0987. The van der Waals surface area contributed by atoms with Crippen molar-refractivity contribution in [1.29, 1.82) is 0 Å². The second-order valence-electron chi connectivity index (χ2n) is 7.63. The second-order valence-corrected chi connectivity index (χ2v) is 7.63. The molecule has 158 valence electrons. The summed E-state index contributed by atoms with van der Waals surface area (Å²) in [5.74, 6) is -1.62. The van der Waals surface area contributed by atoms with Crippen molar-refractivity contribution in [2.24, 2.45) is 0 Å². The Hall–Kier alpha value is -3.15. The summed E-state index contributed by atoms with van der Waals surface area (Å²) in [4.78, 5) is 26.9. The Bertz CT molecular complexity index is 1010. The first-order valence-corrected chi connectivity index (χ1v) is 10.0. The molecule has 2 aromatic carbocycles. The first-order valence-electron chi connectivity index (χ1n) is 10.0. The van der Waals surface area contributed by atoms with Crippen molar-refractivity contribution in [3.63, 3.8) is 0 Å². The highest BCUT2D eigenvalue weighted by Gasteiger charge is 2.46. The largest absolute Gasteiger partial charge is 0.507 e. The van der Waals surface area contributed by atoms with E-state index in [9.17, 15) is 19.1 Å². The predicted octanol–water partition coefficient (Wildman–Crippen LogP) is 4.79. The lowest BCUT2D eigenvalue weighted by Crippen LogP contribution is -2.30. The third-order valence-electron chi connectivity index (χ3n) is 5.33. The van der Waals surface area contributed by atoms with E-state index >= 15 is 0 Å². The van der Waals surface area contributed by atoms with E-state index in [0.29, 0.717) is 17.7 Å². The van der Waals surface area contributed by atoms with E-state index in [4.69, 9.17) is 4.74 Å². The van der Waals surface area contributed by atoms with Gasteiger partial charge >= 0.3 is 0 Å². The smallest absolute Gasteiger partial charge is 0.295 e. The summed E-state index contributed by atoms with van der Waals surface area (Å²) in [6.45, 7) is 6.12. The lowest BCUT2D eigenvalue weighted by atomic mass is 9.93. The van der Waals surface area contributed by atoms with Crippen LogP contribution in [0.3, 0.4) is 0 Å². The lowest BCUT2D eigenvalue weighted by molar-refractivity contribution is -0.139. The Balaban J connectivity index is 2.23. The molecule has 0 spiro atoms. The third-order valence-corrected chi connectivity index (χ3v) is 5.33. The molecule has 30 heavy (non-hydrogen) atoms. The number of carbonyl (C=O) groups excluding carboxylic acids is 2. The number of aliphatic hydroxyl groups is 1. The van der Waals surface area contributed by atoms with Crippen LogP contribution in [0.5, 0.6) is 5.75 Å². The Morgan fingerprint density at radius 3 is 2.50 bits per heavy atom. The van der Waals surface area contributed by atoms with Crippen LogP contribution < -0.4 is 4.74 Å². The monoisotopic (exact) mass is 411 g/mol. The van der Waals surface area contributed by atoms with E-state index in [0.717, 1.165) is 5.56 Å². The molecular formula is C24H26FNO4. The fourth-order valence-electron chi connectivity index (χ4n) is 3.86. The SMILES string of the molecule is CCCN1C(=O)C(=O)/C(=C(/O)c2ccc(OC)c(C(C)C)c2)C1c1ccccc1F. The molecule has 3 rings (SSSR count). The summed E-state index contributed by atoms with van der Waals surface area (Å²) in [6, 6.07) is 10.1. The highest BCUT2D eigenvalue weighted by Crippen LogP contribution is 2.41. The first-order chi connectivity index (χ1) is 14.3. The van der Waals surface area contributed by atoms with Gasteiger partial charge < -0.3 is 14.7 Å². The van der Waals surface area contributed by atoms with Gasteiger partial charge in [0.05, 0.1) is 18.7 Å². The third kappa shape index (κ3) is 3.70. The Kier molecular flexibility index (Phi) is 6.25. The number of amides is 1. The maximum atomic E-state index is 14.6. The van der Waals surface area contributed by atoms with Crippen molar-refractivity contribution in [1.82, 2.24) is 4.90 Å². The molecule has 5 nitrogen and oxygen atoms in total. The summed E-state index contributed by atoms with van der Waals surface area (Å²) in [7, 11) is 1.56. The van der Waals surface area contributed by atoms with Gasteiger partial charge in [-0.1, -0.05) is 39.0 Å². The quantitative estimate of drug-likeness (QED) is 0.422. The molecule has 0 aliphatic carbocycles. The molecule has 0 aromatic heterocycles. The average molecular weight is 411 g/mol. The van der Waals surface area contributed by atoms with Crippen molar-refractivity contribution >= 4 is 17.4 Å². The number of aliphatic hydroxyl groups excluding tert-OH is 1. The molecule has 6 heteroatoms. The van der Waals surface area contributed by atoms with Gasteiger partial charge in [0.15, 0.2) is 0 Å². The van der Waals surface area contributed by atoms with Crippen LogP contribution in [0.2, 0.25) is 0 Å². The van der Waals surface area contributed by atoms with Crippen LogP contribution in [-0.4, -0.2) is 35.4 Å². The molecule has 1 fully saturated rings. The van der Waals surface area contributed by atoms with Gasteiger partial charge in [0, 0.05) is 17.7 Å². The van der Waals surface area contributed by atoms with E-state index in [-0.39, 0.29) is 29.4 Å². The molecule has 0 radical (unpaired) electrons. The summed E-state index contributed by atoms with van der Waals surface area (Å²) in [5.41, 5.74) is 1.32. The van der Waals surface area contributed by atoms with Crippen molar-refractivity contribution in [3.05, 3.63) is 70.5 Å². The van der Waals surface area contributed by atoms with Crippen LogP contribution in [0, 0.1) is 5.82 Å². The number of ketones is 1. The molecule has 2 aromatic rings. The van der Waals surface area contributed by atoms with Crippen molar-refractivity contribution < 1.29 is 23.8 Å². The summed E-state index contributed by atoms with van der Waals surface area (Å²) >= 11 is 0. The fourth-order valence-corrected chi connectivity index (χ4v) is 3.86. The molecular weight excluding hydrogens is 385 g/mol. The van der Waals surface area contributed by atoms with Crippen LogP contribution in [0.15, 0.2) is 48.0 Å². The molecule has 1 unspecified atom stereocenters. The summed E-state index contributed by atoms with van der Waals surface area (Å²) < 4.78 is 20.0. The number of nitrogens with zero attached hydrogens (tertiary/aromatic N) is 1. The highest BCUT2D eigenvalue weighted by molar-refractivity contribution is 6.46. The Morgan fingerprint density at radius 1 is 1.20 bits per heavy atom. The van der Waals surface area contributed by atoms with Crippen LogP contribution in [0.25, 0.3) is 5.76 Å². The van der Waals surface area contributed by atoms with E-state index in [1.807, 2.05) is 20.8 Å². The number of likely N-dealkylation sites (tertiary alicyclic amines) is 1. The maximum Gasteiger partial charge on any atom is 0.295 e. The molecule has 1 saturated heterocycles. The van der Waals surface area contributed by atoms with Crippen molar-refractivity contribution in [2.45, 2.75) is 39.2 Å². The lowest BCUT2D eigenvalue weighted by Gasteiger charge is -2.25. The minimum Gasteiger partial charge on any atom is -0.507 e. The van der Waals surface area contributed by atoms with Gasteiger partial charge in [-0.25, -0.2) is 4.39 Å². The molecule has 0 bridgehead atoms. The fraction of sp³-hybridized carbons (Fsp3) is 0.333. The molecule has 1 N–H and O–H groups in total. The van der Waals surface area contributed by atoms with Crippen LogP contribution >= 0.6 is 0 Å². The number of rotatable bonds is 6.